The Bertz CT molecular complexity index is 461. The average Bonchev–Trinajstić information content (AvgIpc) is 2.66. The summed E-state index contributed by atoms with van der Waals surface area (Å²) in [6.07, 6.45) is 11.2. The molecule has 8 atom stereocenters. The zero-order chi connectivity index (χ0) is 15.8. The molecule has 126 valence electrons. The van der Waals surface area contributed by atoms with Gasteiger partial charge in [-0.25, -0.2) is 4.39 Å². The highest BCUT2D eigenvalue weighted by atomic mass is 19.2. The van der Waals surface area contributed by atoms with Crippen molar-refractivity contribution in [2.75, 3.05) is 0 Å². The van der Waals surface area contributed by atoms with E-state index >= 15 is 4.39 Å². The van der Waals surface area contributed by atoms with E-state index < -0.39 is 11.3 Å². The zero-order valence-corrected chi connectivity index (χ0v) is 14.6. The molecule has 4 aliphatic carbocycles. The van der Waals surface area contributed by atoms with E-state index in [9.17, 15) is 5.11 Å². The van der Waals surface area contributed by atoms with E-state index in [-0.39, 0.29) is 5.92 Å². The molecule has 0 heterocycles. The number of fused-ring (bicyclic) bond motifs is 5. The molecule has 0 aromatic rings. The van der Waals surface area contributed by atoms with Gasteiger partial charge in [0, 0.05) is 11.3 Å². The molecule has 3 unspecified atom stereocenters. The van der Waals surface area contributed by atoms with E-state index in [0.29, 0.717) is 17.3 Å². The maximum atomic E-state index is 15.1. The summed E-state index contributed by atoms with van der Waals surface area (Å²) in [6.45, 7) is 6.52. The Kier molecular flexibility index (Phi) is 3.30. The fourth-order valence-corrected chi connectivity index (χ4v) is 7.59. The van der Waals surface area contributed by atoms with Gasteiger partial charge in [-0.1, -0.05) is 33.6 Å². The Hall–Kier alpha value is -0.110. The molecule has 0 radical (unpaired) electrons. The third kappa shape index (κ3) is 1.74. The summed E-state index contributed by atoms with van der Waals surface area (Å²) in [4.78, 5) is 0. The monoisotopic (exact) mass is 308 g/mol. The third-order valence-electron chi connectivity index (χ3n) is 9.03. The Morgan fingerprint density at radius 1 is 0.955 bits per heavy atom. The Balaban J connectivity index is 1.67. The lowest BCUT2D eigenvalue weighted by Crippen LogP contribution is -2.55. The first-order valence-electron chi connectivity index (χ1n) is 9.72. The molecule has 0 aromatic heterocycles. The second-order valence-corrected chi connectivity index (χ2v) is 9.67. The molecule has 22 heavy (non-hydrogen) atoms. The topological polar surface area (TPSA) is 20.2 Å². The molecule has 4 aliphatic rings. The summed E-state index contributed by atoms with van der Waals surface area (Å²) in [6, 6.07) is 0. The minimum absolute atomic E-state index is 0.196. The van der Waals surface area contributed by atoms with Crippen LogP contribution in [0.4, 0.5) is 4.39 Å². The number of hydrogen-bond donors (Lipinski definition) is 1. The van der Waals surface area contributed by atoms with Gasteiger partial charge in [0.25, 0.3) is 0 Å². The molecular formula is C20H33FO. The van der Waals surface area contributed by atoms with Crippen molar-refractivity contribution in [2.24, 2.45) is 40.4 Å². The van der Waals surface area contributed by atoms with Gasteiger partial charge in [-0.15, -0.1) is 0 Å². The van der Waals surface area contributed by atoms with Crippen molar-refractivity contribution in [1.82, 2.24) is 0 Å². The molecule has 0 spiro atoms. The van der Waals surface area contributed by atoms with Gasteiger partial charge in [0.15, 0.2) is 0 Å². The molecule has 0 aliphatic heterocycles. The van der Waals surface area contributed by atoms with Crippen molar-refractivity contribution in [1.29, 1.82) is 0 Å². The van der Waals surface area contributed by atoms with E-state index in [4.69, 9.17) is 0 Å². The highest BCUT2D eigenvalue weighted by molar-refractivity contribution is 5.12. The third-order valence-corrected chi connectivity index (χ3v) is 9.03. The van der Waals surface area contributed by atoms with E-state index in [2.05, 4.69) is 6.92 Å². The average molecular weight is 308 g/mol. The summed E-state index contributed by atoms with van der Waals surface area (Å²) in [5, 5.41) is 10.5. The van der Waals surface area contributed by atoms with Gasteiger partial charge < -0.3 is 5.11 Å². The van der Waals surface area contributed by atoms with Gasteiger partial charge in [-0.3, -0.25) is 0 Å². The molecule has 4 rings (SSSR count). The van der Waals surface area contributed by atoms with Crippen molar-refractivity contribution < 1.29 is 9.50 Å². The fourth-order valence-electron chi connectivity index (χ4n) is 7.59. The summed E-state index contributed by atoms with van der Waals surface area (Å²) in [7, 11) is 0. The van der Waals surface area contributed by atoms with Crippen LogP contribution in [0.25, 0.3) is 0 Å². The Labute approximate surface area is 135 Å². The van der Waals surface area contributed by atoms with Crippen molar-refractivity contribution in [3.8, 4) is 0 Å². The van der Waals surface area contributed by atoms with Crippen LogP contribution in [0.2, 0.25) is 0 Å². The minimum Gasteiger partial charge on any atom is -0.361 e. The molecule has 0 saturated heterocycles. The van der Waals surface area contributed by atoms with Crippen LogP contribution in [-0.4, -0.2) is 11.0 Å². The minimum atomic E-state index is -1.95. The van der Waals surface area contributed by atoms with Crippen LogP contribution in [-0.2, 0) is 0 Å². The highest BCUT2D eigenvalue weighted by Gasteiger charge is 2.67. The SMILES string of the molecule is CC1C[C@H]2[C@@H]3CCC4CCCC[C@]4(C)[C@@H]3CC[C@]2(C)C1(O)F. The summed E-state index contributed by atoms with van der Waals surface area (Å²) < 4.78 is 15.1. The van der Waals surface area contributed by atoms with Gasteiger partial charge in [-0.2, -0.15) is 0 Å². The van der Waals surface area contributed by atoms with E-state index in [1.165, 1.54) is 38.5 Å². The van der Waals surface area contributed by atoms with Crippen molar-refractivity contribution in [3.05, 3.63) is 0 Å². The van der Waals surface area contributed by atoms with Crippen LogP contribution in [0.15, 0.2) is 0 Å². The number of halogens is 1. The van der Waals surface area contributed by atoms with Crippen LogP contribution < -0.4 is 0 Å². The van der Waals surface area contributed by atoms with Gasteiger partial charge in [-0.05, 0) is 74.0 Å². The molecule has 4 saturated carbocycles. The molecular weight excluding hydrogens is 275 g/mol. The summed E-state index contributed by atoms with van der Waals surface area (Å²) in [5.41, 5.74) is 0.00814. The largest absolute Gasteiger partial charge is 0.361 e. The first-order chi connectivity index (χ1) is 10.3. The van der Waals surface area contributed by atoms with Crippen LogP contribution in [0.5, 0.6) is 0 Å². The number of alkyl halides is 1. The lowest BCUT2D eigenvalue weighted by Gasteiger charge is -2.60. The normalized spacial score (nSPS) is 61.2. The van der Waals surface area contributed by atoms with Crippen molar-refractivity contribution in [3.63, 3.8) is 0 Å². The first kappa shape index (κ1) is 15.4. The van der Waals surface area contributed by atoms with Gasteiger partial charge in [0.1, 0.15) is 0 Å². The quantitative estimate of drug-likeness (QED) is 0.642. The van der Waals surface area contributed by atoms with Gasteiger partial charge in [0.05, 0.1) is 0 Å². The second-order valence-electron chi connectivity index (χ2n) is 9.67. The molecule has 1 nitrogen and oxygen atoms in total. The summed E-state index contributed by atoms with van der Waals surface area (Å²) >= 11 is 0. The van der Waals surface area contributed by atoms with Crippen LogP contribution in [0, 0.1) is 40.4 Å². The standard InChI is InChI=1S/C20H33FO/c1-13-12-17-15-8-7-14-6-4-5-10-18(14,2)16(15)9-11-19(17,3)20(13,21)22/h13-17,22H,4-12H2,1-3H3/t13?,14?,15-,16-,17+,18+,19+,20?/m1/s1. The van der Waals surface area contributed by atoms with E-state index in [0.717, 1.165) is 31.1 Å². The lowest BCUT2D eigenvalue weighted by molar-refractivity contribution is -0.221. The fraction of sp³-hybridized carbons (Fsp3) is 1.00. The number of hydrogen-bond acceptors (Lipinski definition) is 1. The molecule has 1 N–H and O–H groups in total. The van der Waals surface area contributed by atoms with Crippen molar-refractivity contribution in [2.45, 2.75) is 84.4 Å². The van der Waals surface area contributed by atoms with Crippen LogP contribution in [0.3, 0.4) is 0 Å². The van der Waals surface area contributed by atoms with Crippen LogP contribution in [0.1, 0.15) is 78.6 Å². The molecule has 4 fully saturated rings. The van der Waals surface area contributed by atoms with Gasteiger partial charge in [0.2, 0.25) is 5.85 Å². The smallest absolute Gasteiger partial charge is 0.214 e. The molecule has 0 bridgehead atoms. The second kappa shape index (κ2) is 4.71. The van der Waals surface area contributed by atoms with E-state index in [1.807, 2.05) is 13.8 Å². The summed E-state index contributed by atoms with van der Waals surface area (Å²) in [5.74, 6) is 0.604. The molecule has 2 heteroatoms. The van der Waals surface area contributed by atoms with E-state index in [1.54, 1.807) is 0 Å². The predicted octanol–water partition coefficient (Wildman–Crippen LogP) is 5.32. The maximum absolute atomic E-state index is 15.1. The number of rotatable bonds is 0. The maximum Gasteiger partial charge on any atom is 0.214 e. The van der Waals surface area contributed by atoms with Crippen LogP contribution >= 0.6 is 0 Å². The zero-order valence-electron chi connectivity index (χ0n) is 14.6. The Morgan fingerprint density at radius 3 is 2.50 bits per heavy atom. The first-order valence-corrected chi connectivity index (χ1v) is 9.72. The number of aliphatic hydroxyl groups is 1. The predicted molar refractivity (Wildman–Crippen MR) is 86.9 cm³/mol. The molecule has 0 aromatic carbocycles. The van der Waals surface area contributed by atoms with Gasteiger partial charge >= 0.3 is 0 Å². The molecule has 0 amide bonds. The highest BCUT2D eigenvalue weighted by Crippen LogP contribution is 2.69. The van der Waals surface area contributed by atoms with Crippen molar-refractivity contribution >= 4 is 0 Å². The Morgan fingerprint density at radius 2 is 1.73 bits per heavy atom. The lowest BCUT2D eigenvalue weighted by atomic mass is 9.45.